The Bertz CT molecular complexity index is 709. The van der Waals surface area contributed by atoms with Crippen LogP contribution < -0.4 is 0 Å². The molecule has 0 atom stereocenters. The lowest BCUT2D eigenvalue weighted by Gasteiger charge is -2.04. The summed E-state index contributed by atoms with van der Waals surface area (Å²) in [5.74, 6) is -0.0253. The van der Waals surface area contributed by atoms with Gasteiger partial charge in [0.1, 0.15) is 6.29 Å². The number of allylic oxidation sites excluding steroid dienone is 2. The van der Waals surface area contributed by atoms with E-state index in [4.69, 9.17) is 0 Å². The Morgan fingerprint density at radius 2 is 1.48 bits per heavy atom. The molecule has 2 aromatic carbocycles. The molecule has 0 fully saturated rings. The molecule has 0 aliphatic carbocycles. The Balaban J connectivity index is 2.33. The Morgan fingerprint density at radius 3 is 2.00 bits per heavy atom. The molecule has 0 radical (unpaired) electrons. The summed E-state index contributed by atoms with van der Waals surface area (Å²) in [6.45, 7) is 1.94. The molecule has 0 saturated heterocycles. The van der Waals surface area contributed by atoms with Crippen molar-refractivity contribution in [3.05, 3.63) is 82.9 Å². The van der Waals surface area contributed by atoms with E-state index in [1.807, 2.05) is 55.5 Å². The third-order valence-electron chi connectivity index (χ3n) is 3.02. The molecule has 104 valence electrons. The highest BCUT2D eigenvalue weighted by Gasteiger charge is 2.09. The van der Waals surface area contributed by atoms with Crippen LogP contribution in [0.2, 0.25) is 0 Å². The van der Waals surface area contributed by atoms with Crippen LogP contribution in [0.1, 0.15) is 34.0 Å². The first-order chi connectivity index (χ1) is 10.2. The molecule has 0 spiro atoms. The van der Waals surface area contributed by atoms with Gasteiger partial charge in [0.2, 0.25) is 0 Å². The first-order valence-corrected chi connectivity index (χ1v) is 6.74. The Morgan fingerprint density at radius 1 is 0.905 bits per heavy atom. The van der Waals surface area contributed by atoms with E-state index in [2.05, 4.69) is 0 Å². The summed E-state index contributed by atoms with van der Waals surface area (Å²) in [5.41, 5.74) is 3.10. The van der Waals surface area contributed by atoms with Gasteiger partial charge in [-0.15, -0.1) is 0 Å². The summed E-state index contributed by atoms with van der Waals surface area (Å²) >= 11 is 0. The molecule has 0 aliphatic heterocycles. The molecule has 0 bridgehead atoms. The van der Waals surface area contributed by atoms with Gasteiger partial charge in [-0.3, -0.25) is 9.59 Å². The molecular formula is C19H16O2. The van der Waals surface area contributed by atoms with Crippen molar-refractivity contribution in [3.8, 4) is 0 Å². The molecule has 21 heavy (non-hydrogen) atoms. The van der Waals surface area contributed by atoms with Crippen LogP contribution in [0, 0.1) is 0 Å². The van der Waals surface area contributed by atoms with Crippen molar-refractivity contribution in [2.24, 2.45) is 0 Å². The number of benzene rings is 2. The topological polar surface area (TPSA) is 34.1 Å². The lowest BCUT2D eigenvalue weighted by atomic mass is 9.99. The Kier molecular flexibility index (Phi) is 4.99. The summed E-state index contributed by atoms with van der Waals surface area (Å²) < 4.78 is 0. The SMILES string of the molecule is C/C=C/c1cccc(C(=O)c2cccc(/C=C/C=O)c2)c1. The van der Waals surface area contributed by atoms with Crippen molar-refractivity contribution >= 4 is 24.2 Å². The standard InChI is InChI=1S/C19H16O2/c1-2-6-15-7-3-10-17(13-15)19(21)18-11-4-8-16(14-18)9-5-12-20/h2-14H,1H3/b6-2+,9-5+. The van der Waals surface area contributed by atoms with Gasteiger partial charge in [0, 0.05) is 11.1 Å². The number of hydrogen-bond donors (Lipinski definition) is 0. The monoisotopic (exact) mass is 276 g/mol. The maximum absolute atomic E-state index is 12.5. The largest absolute Gasteiger partial charge is 0.299 e. The fourth-order valence-corrected chi connectivity index (χ4v) is 2.08. The molecule has 0 heterocycles. The van der Waals surface area contributed by atoms with E-state index in [0.29, 0.717) is 11.1 Å². The molecular weight excluding hydrogens is 260 g/mol. The molecule has 2 aromatic rings. The lowest BCUT2D eigenvalue weighted by Crippen LogP contribution is -2.01. The maximum Gasteiger partial charge on any atom is 0.193 e. The van der Waals surface area contributed by atoms with E-state index in [-0.39, 0.29) is 5.78 Å². The van der Waals surface area contributed by atoms with Crippen LogP contribution in [0.4, 0.5) is 0 Å². The summed E-state index contributed by atoms with van der Waals surface area (Å²) in [5, 5.41) is 0. The molecule has 0 N–H and O–H groups in total. The van der Waals surface area contributed by atoms with Crippen molar-refractivity contribution in [1.82, 2.24) is 0 Å². The van der Waals surface area contributed by atoms with E-state index < -0.39 is 0 Å². The predicted octanol–water partition coefficient (Wildman–Crippen LogP) is 4.16. The van der Waals surface area contributed by atoms with Crippen LogP contribution in [0.25, 0.3) is 12.2 Å². The third kappa shape index (κ3) is 3.86. The molecule has 2 nitrogen and oxygen atoms in total. The molecule has 0 aromatic heterocycles. The maximum atomic E-state index is 12.5. The van der Waals surface area contributed by atoms with Gasteiger partial charge in [-0.25, -0.2) is 0 Å². The molecule has 2 rings (SSSR count). The van der Waals surface area contributed by atoms with Crippen molar-refractivity contribution in [3.63, 3.8) is 0 Å². The fourth-order valence-electron chi connectivity index (χ4n) is 2.08. The van der Waals surface area contributed by atoms with Crippen LogP contribution in [0.15, 0.2) is 60.7 Å². The highest BCUT2D eigenvalue weighted by molar-refractivity contribution is 6.09. The average molecular weight is 276 g/mol. The van der Waals surface area contributed by atoms with Gasteiger partial charge in [0.15, 0.2) is 5.78 Å². The summed E-state index contributed by atoms with van der Waals surface area (Å²) in [7, 11) is 0. The predicted molar refractivity (Wildman–Crippen MR) is 86.1 cm³/mol. The summed E-state index contributed by atoms with van der Waals surface area (Å²) in [6, 6.07) is 14.7. The van der Waals surface area contributed by atoms with Crippen LogP contribution >= 0.6 is 0 Å². The molecule has 0 unspecified atom stereocenters. The smallest absolute Gasteiger partial charge is 0.193 e. The van der Waals surface area contributed by atoms with Crippen LogP contribution in [0.5, 0.6) is 0 Å². The van der Waals surface area contributed by atoms with Crippen molar-refractivity contribution in [1.29, 1.82) is 0 Å². The first-order valence-electron chi connectivity index (χ1n) is 6.74. The second-order valence-corrected chi connectivity index (χ2v) is 4.58. The molecule has 2 heteroatoms. The highest BCUT2D eigenvalue weighted by Crippen LogP contribution is 2.15. The molecule has 0 aliphatic rings. The number of aldehydes is 1. The summed E-state index contributed by atoms with van der Waals surface area (Å²) in [4.78, 5) is 22.9. The number of rotatable bonds is 5. The summed E-state index contributed by atoms with van der Waals surface area (Å²) in [6.07, 6.45) is 7.71. The zero-order chi connectivity index (χ0) is 15.1. The van der Waals surface area contributed by atoms with Gasteiger partial charge in [-0.1, -0.05) is 54.6 Å². The van der Waals surface area contributed by atoms with E-state index in [1.54, 1.807) is 18.2 Å². The van der Waals surface area contributed by atoms with Gasteiger partial charge in [0.25, 0.3) is 0 Å². The van der Waals surface area contributed by atoms with Crippen LogP contribution in [0.3, 0.4) is 0 Å². The van der Waals surface area contributed by atoms with E-state index in [9.17, 15) is 9.59 Å². The molecule has 0 saturated carbocycles. The van der Waals surface area contributed by atoms with E-state index in [0.717, 1.165) is 17.4 Å². The lowest BCUT2D eigenvalue weighted by molar-refractivity contribution is -0.104. The third-order valence-corrected chi connectivity index (χ3v) is 3.02. The van der Waals surface area contributed by atoms with Gasteiger partial charge in [0.05, 0.1) is 0 Å². The van der Waals surface area contributed by atoms with Crippen molar-refractivity contribution < 1.29 is 9.59 Å². The van der Waals surface area contributed by atoms with Gasteiger partial charge in [-0.2, -0.15) is 0 Å². The second-order valence-electron chi connectivity index (χ2n) is 4.58. The van der Waals surface area contributed by atoms with E-state index in [1.165, 1.54) is 6.08 Å². The first kappa shape index (κ1) is 14.7. The van der Waals surface area contributed by atoms with Crippen molar-refractivity contribution in [2.45, 2.75) is 6.92 Å². The molecule has 0 amide bonds. The number of carbonyl (C=O) groups is 2. The minimum Gasteiger partial charge on any atom is -0.299 e. The van der Waals surface area contributed by atoms with Gasteiger partial charge < -0.3 is 0 Å². The average Bonchev–Trinajstić information content (AvgIpc) is 2.53. The van der Waals surface area contributed by atoms with Crippen LogP contribution in [-0.4, -0.2) is 12.1 Å². The fraction of sp³-hybridized carbons (Fsp3) is 0.0526. The quantitative estimate of drug-likeness (QED) is 0.467. The van der Waals surface area contributed by atoms with E-state index >= 15 is 0 Å². The number of hydrogen-bond acceptors (Lipinski definition) is 2. The zero-order valence-corrected chi connectivity index (χ0v) is 11.8. The normalized spacial score (nSPS) is 11.1. The number of carbonyl (C=O) groups excluding carboxylic acids is 2. The minimum atomic E-state index is -0.0253. The zero-order valence-electron chi connectivity index (χ0n) is 11.8. The van der Waals surface area contributed by atoms with Gasteiger partial charge in [-0.05, 0) is 36.3 Å². The second kappa shape index (κ2) is 7.15. The highest BCUT2D eigenvalue weighted by atomic mass is 16.1. The van der Waals surface area contributed by atoms with Gasteiger partial charge >= 0.3 is 0 Å². The Labute approximate surface area is 124 Å². The Hall–Kier alpha value is -2.74. The number of ketones is 1. The van der Waals surface area contributed by atoms with Crippen LogP contribution in [-0.2, 0) is 4.79 Å². The van der Waals surface area contributed by atoms with Crippen molar-refractivity contribution in [2.75, 3.05) is 0 Å². The minimum absolute atomic E-state index is 0.0253.